The molecular weight excluding hydrogens is 294 g/mol. The lowest BCUT2D eigenvalue weighted by molar-refractivity contribution is -0.0285. The van der Waals surface area contributed by atoms with Crippen LogP contribution in [0.5, 0.6) is 0 Å². The van der Waals surface area contributed by atoms with Gasteiger partial charge in [-0.1, -0.05) is 17.7 Å². The zero-order valence-corrected chi connectivity index (χ0v) is 12.8. The molecule has 1 fully saturated rings. The summed E-state index contributed by atoms with van der Waals surface area (Å²) in [7, 11) is 0. The summed E-state index contributed by atoms with van der Waals surface area (Å²) in [5.41, 5.74) is 2.14. The standard InChI is InChI=1S/C15H17N7O/c1-11-2-4-12(5-3-11)22-15(17-19-20-22)8-16-14-6-7-21(18-14)13-9-23-10-13/h2-7,13H,8-10H2,1H3,(H,16,18). The van der Waals surface area contributed by atoms with Crippen LogP contribution in [0.4, 0.5) is 5.82 Å². The first-order valence-corrected chi connectivity index (χ1v) is 7.51. The highest BCUT2D eigenvalue weighted by molar-refractivity contribution is 5.36. The van der Waals surface area contributed by atoms with E-state index in [1.807, 2.05) is 41.2 Å². The Hall–Kier alpha value is -2.74. The number of aryl methyl sites for hydroxylation is 1. The molecule has 0 unspecified atom stereocenters. The van der Waals surface area contributed by atoms with Crippen molar-refractivity contribution in [3.63, 3.8) is 0 Å². The van der Waals surface area contributed by atoms with Gasteiger partial charge in [-0.3, -0.25) is 4.68 Å². The third-order valence-electron chi connectivity index (χ3n) is 3.84. The van der Waals surface area contributed by atoms with Crippen LogP contribution in [0.25, 0.3) is 5.69 Å². The summed E-state index contributed by atoms with van der Waals surface area (Å²) in [4.78, 5) is 0. The number of ether oxygens (including phenoxy) is 1. The van der Waals surface area contributed by atoms with Crippen molar-refractivity contribution in [1.82, 2.24) is 30.0 Å². The molecule has 1 N–H and O–H groups in total. The molecule has 3 heterocycles. The summed E-state index contributed by atoms with van der Waals surface area (Å²) in [6.07, 6.45) is 1.96. The number of aromatic nitrogens is 6. The molecule has 0 saturated carbocycles. The van der Waals surface area contributed by atoms with Crippen molar-refractivity contribution in [2.75, 3.05) is 18.5 Å². The van der Waals surface area contributed by atoms with Gasteiger partial charge in [-0.25, -0.2) is 0 Å². The van der Waals surface area contributed by atoms with E-state index in [1.54, 1.807) is 4.68 Å². The maximum absolute atomic E-state index is 5.18. The molecule has 0 atom stereocenters. The molecule has 1 aromatic carbocycles. The molecule has 118 valence electrons. The molecule has 23 heavy (non-hydrogen) atoms. The molecule has 0 radical (unpaired) electrons. The van der Waals surface area contributed by atoms with E-state index in [-0.39, 0.29) is 0 Å². The van der Waals surface area contributed by atoms with E-state index in [2.05, 4.69) is 32.9 Å². The number of hydrogen-bond donors (Lipinski definition) is 1. The number of anilines is 1. The summed E-state index contributed by atoms with van der Waals surface area (Å²) < 4.78 is 8.83. The molecule has 1 aliphatic rings. The molecule has 0 aliphatic carbocycles. The van der Waals surface area contributed by atoms with E-state index in [0.29, 0.717) is 12.6 Å². The lowest BCUT2D eigenvalue weighted by atomic mass is 10.2. The fourth-order valence-electron chi connectivity index (χ4n) is 2.38. The summed E-state index contributed by atoms with van der Waals surface area (Å²) >= 11 is 0. The second-order valence-electron chi connectivity index (χ2n) is 5.57. The minimum atomic E-state index is 0.350. The number of rotatable bonds is 5. The molecule has 0 amide bonds. The Balaban J connectivity index is 1.46. The highest BCUT2D eigenvalue weighted by atomic mass is 16.5. The van der Waals surface area contributed by atoms with Gasteiger partial charge in [-0.15, -0.1) is 5.10 Å². The van der Waals surface area contributed by atoms with Crippen LogP contribution in [-0.2, 0) is 11.3 Å². The van der Waals surface area contributed by atoms with E-state index >= 15 is 0 Å². The van der Waals surface area contributed by atoms with Crippen molar-refractivity contribution in [1.29, 1.82) is 0 Å². The van der Waals surface area contributed by atoms with Crippen LogP contribution in [0.15, 0.2) is 36.5 Å². The van der Waals surface area contributed by atoms with Gasteiger partial charge < -0.3 is 10.1 Å². The van der Waals surface area contributed by atoms with Gasteiger partial charge >= 0.3 is 0 Å². The zero-order valence-electron chi connectivity index (χ0n) is 12.8. The number of tetrazole rings is 1. The van der Waals surface area contributed by atoms with Crippen molar-refractivity contribution in [3.05, 3.63) is 47.9 Å². The number of nitrogens with one attached hydrogen (secondary N) is 1. The Morgan fingerprint density at radius 2 is 2.04 bits per heavy atom. The maximum Gasteiger partial charge on any atom is 0.175 e. The highest BCUT2D eigenvalue weighted by Gasteiger charge is 2.21. The number of benzene rings is 1. The number of hydrogen-bond acceptors (Lipinski definition) is 6. The van der Waals surface area contributed by atoms with E-state index in [4.69, 9.17) is 4.74 Å². The first-order valence-electron chi connectivity index (χ1n) is 7.51. The first-order chi connectivity index (χ1) is 11.3. The van der Waals surface area contributed by atoms with Gasteiger partial charge in [0.25, 0.3) is 0 Å². The summed E-state index contributed by atoms with van der Waals surface area (Å²) in [5, 5.41) is 19.7. The van der Waals surface area contributed by atoms with Crippen LogP contribution in [0.3, 0.4) is 0 Å². The van der Waals surface area contributed by atoms with Crippen molar-refractivity contribution >= 4 is 5.82 Å². The largest absolute Gasteiger partial charge is 0.377 e. The summed E-state index contributed by atoms with van der Waals surface area (Å²) in [6, 6.07) is 10.4. The first kappa shape index (κ1) is 13.9. The Kier molecular flexibility index (Phi) is 3.51. The second kappa shape index (κ2) is 5.81. The third kappa shape index (κ3) is 2.80. The van der Waals surface area contributed by atoms with Gasteiger partial charge in [0.05, 0.1) is 31.5 Å². The molecule has 0 spiro atoms. The van der Waals surface area contributed by atoms with Crippen LogP contribution >= 0.6 is 0 Å². The molecule has 1 aliphatic heterocycles. The van der Waals surface area contributed by atoms with Crippen LogP contribution in [-0.4, -0.2) is 43.2 Å². The van der Waals surface area contributed by atoms with Gasteiger partial charge in [-0.2, -0.15) is 9.78 Å². The number of nitrogens with zero attached hydrogens (tertiary/aromatic N) is 6. The van der Waals surface area contributed by atoms with Crippen LogP contribution in [0.2, 0.25) is 0 Å². The SMILES string of the molecule is Cc1ccc(-n2nnnc2CNc2ccn(C3COC3)n2)cc1. The minimum Gasteiger partial charge on any atom is -0.377 e. The lowest BCUT2D eigenvalue weighted by Gasteiger charge is -2.25. The lowest BCUT2D eigenvalue weighted by Crippen LogP contribution is -2.30. The smallest absolute Gasteiger partial charge is 0.175 e. The normalized spacial score (nSPS) is 14.7. The predicted molar refractivity (Wildman–Crippen MR) is 83.3 cm³/mol. The van der Waals surface area contributed by atoms with E-state index in [9.17, 15) is 0 Å². The molecule has 1 saturated heterocycles. The summed E-state index contributed by atoms with van der Waals surface area (Å²) in [6.45, 7) is 4.01. The minimum absolute atomic E-state index is 0.350. The second-order valence-corrected chi connectivity index (χ2v) is 5.57. The molecule has 3 aromatic rings. The van der Waals surface area contributed by atoms with Crippen molar-refractivity contribution in [2.24, 2.45) is 0 Å². The molecule has 2 aromatic heterocycles. The van der Waals surface area contributed by atoms with Gasteiger partial charge in [0.15, 0.2) is 5.82 Å². The van der Waals surface area contributed by atoms with Gasteiger partial charge in [-0.05, 0) is 29.5 Å². The Morgan fingerprint density at radius 1 is 1.22 bits per heavy atom. The Bertz CT molecular complexity index is 788. The third-order valence-corrected chi connectivity index (χ3v) is 3.84. The van der Waals surface area contributed by atoms with Crippen molar-refractivity contribution in [3.8, 4) is 5.69 Å². The molecule has 0 bridgehead atoms. The van der Waals surface area contributed by atoms with E-state index < -0.39 is 0 Å². The van der Waals surface area contributed by atoms with Gasteiger partial charge in [0.1, 0.15) is 5.82 Å². The molecule has 8 nitrogen and oxygen atoms in total. The average molecular weight is 311 g/mol. The molecule has 4 rings (SSSR count). The van der Waals surface area contributed by atoms with Crippen LogP contribution < -0.4 is 5.32 Å². The monoisotopic (exact) mass is 311 g/mol. The van der Waals surface area contributed by atoms with Crippen LogP contribution in [0.1, 0.15) is 17.4 Å². The zero-order chi connectivity index (χ0) is 15.6. The predicted octanol–water partition coefficient (Wildman–Crippen LogP) is 1.35. The highest BCUT2D eigenvalue weighted by Crippen LogP contribution is 2.17. The van der Waals surface area contributed by atoms with E-state index in [1.165, 1.54) is 5.56 Å². The molecular formula is C15H17N7O. The Morgan fingerprint density at radius 3 is 2.78 bits per heavy atom. The van der Waals surface area contributed by atoms with Crippen LogP contribution in [0, 0.1) is 6.92 Å². The van der Waals surface area contributed by atoms with Gasteiger partial charge in [0.2, 0.25) is 0 Å². The van der Waals surface area contributed by atoms with Gasteiger partial charge in [0, 0.05) is 12.3 Å². The van der Waals surface area contributed by atoms with E-state index in [0.717, 1.165) is 30.5 Å². The quantitative estimate of drug-likeness (QED) is 0.766. The molecule has 8 heteroatoms. The van der Waals surface area contributed by atoms with Crippen molar-refractivity contribution in [2.45, 2.75) is 19.5 Å². The average Bonchev–Trinajstić information content (AvgIpc) is 3.13. The maximum atomic E-state index is 5.18. The van der Waals surface area contributed by atoms with Crippen molar-refractivity contribution < 1.29 is 4.74 Å². The fourth-order valence-corrected chi connectivity index (χ4v) is 2.38. The fraction of sp³-hybridized carbons (Fsp3) is 0.333. The topological polar surface area (TPSA) is 82.7 Å². The summed E-state index contributed by atoms with van der Waals surface area (Å²) in [5.74, 6) is 1.53. The Labute approximate surface area is 133 Å².